The largest absolute Gasteiger partial charge is 0.434 e. The number of carbonyl (C=O) groups excluding carboxylic acids is 1. The van der Waals surface area contributed by atoms with Gasteiger partial charge in [0.05, 0.1) is 17.7 Å². The minimum atomic E-state index is -4.78. The lowest BCUT2D eigenvalue weighted by atomic mass is 10.1. The summed E-state index contributed by atoms with van der Waals surface area (Å²) in [6, 6.07) is 11.2. The van der Waals surface area contributed by atoms with Crippen LogP contribution < -0.4 is 5.32 Å². The van der Waals surface area contributed by atoms with E-state index in [9.17, 15) is 18.0 Å². The number of alkyl halides is 3. The van der Waals surface area contributed by atoms with E-state index in [0.29, 0.717) is 5.82 Å². The number of amides is 1. The molecule has 0 fully saturated rings. The van der Waals surface area contributed by atoms with Gasteiger partial charge in [0, 0.05) is 11.8 Å². The van der Waals surface area contributed by atoms with Gasteiger partial charge in [-0.3, -0.25) is 4.79 Å². The summed E-state index contributed by atoms with van der Waals surface area (Å²) >= 11 is 0. The minimum Gasteiger partial charge on any atom is -0.343 e. The Labute approximate surface area is 150 Å². The summed E-state index contributed by atoms with van der Waals surface area (Å²) in [6.07, 6.45) is -4.03. The van der Waals surface area contributed by atoms with Crippen molar-refractivity contribution in [3.63, 3.8) is 0 Å². The Balaban J connectivity index is 1.70. The van der Waals surface area contributed by atoms with Gasteiger partial charge in [0.25, 0.3) is 5.91 Å². The van der Waals surface area contributed by atoms with Crippen LogP contribution >= 0.6 is 0 Å². The number of benzene rings is 1. The highest BCUT2D eigenvalue weighted by Gasteiger charge is 2.36. The van der Waals surface area contributed by atoms with Gasteiger partial charge in [-0.05, 0) is 6.07 Å². The highest BCUT2D eigenvalue weighted by molar-refractivity contribution is 5.94. The molecule has 2 aromatic heterocycles. The molecule has 0 unspecified atom stereocenters. The Bertz CT molecular complexity index is 1010. The van der Waals surface area contributed by atoms with Crippen molar-refractivity contribution in [1.82, 2.24) is 20.4 Å². The molecule has 7 nitrogen and oxygen atoms in total. The van der Waals surface area contributed by atoms with Gasteiger partial charge < -0.3 is 9.84 Å². The second kappa shape index (κ2) is 7.25. The average Bonchev–Trinajstić information content (AvgIpc) is 3.14. The van der Waals surface area contributed by atoms with Crippen molar-refractivity contribution < 1.29 is 22.5 Å². The second-order valence-corrected chi connectivity index (χ2v) is 5.29. The lowest BCUT2D eigenvalue weighted by Crippen LogP contribution is -2.24. The topological polar surface area (TPSA) is 105 Å². The molecule has 2 heterocycles. The van der Waals surface area contributed by atoms with Crippen molar-refractivity contribution in [3.8, 4) is 17.5 Å². The number of aromatic nitrogens is 3. The first-order valence-electron chi connectivity index (χ1n) is 7.52. The molecule has 1 aromatic carbocycles. The lowest BCUT2D eigenvalue weighted by molar-refractivity contribution is -0.141. The van der Waals surface area contributed by atoms with Crippen LogP contribution in [0.2, 0.25) is 0 Å². The number of halogens is 3. The molecule has 0 spiro atoms. The minimum absolute atomic E-state index is 0.114. The van der Waals surface area contributed by atoms with E-state index in [-0.39, 0.29) is 18.0 Å². The van der Waals surface area contributed by atoms with Crippen molar-refractivity contribution in [3.05, 3.63) is 65.3 Å². The molecule has 0 radical (unpaired) electrons. The van der Waals surface area contributed by atoms with Crippen molar-refractivity contribution in [2.75, 3.05) is 0 Å². The van der Waals surface area contributed by atoms with E-state index in [4.69, 9.17) is 9.78 Å². The zero-order valence-corrected chi connectivity index (χ0v) is 13.5. The van der Waals surface area contributed by atoms with Crippen LogP contribution in [-0.4, -0.2) is 21.0 Å². The molecule has 0 aliphatic carbocycles. The number of nitriles is 1. The fraction of sp³-hybridized carbons (Fsp3) is 0.118. The molecule has 0 saturated heterocycles. The third-order valence-electron chi connectivity index (χ3n) is 3.44. The summed E-state index contributed by atoms with van der Waals surface area (Å²) in [4.78, 5) is 19.4. The maximum atomic E-state index is 12.7. The molecule has 3 aromatic rings. The SMILES string of the molecule is N#Cc1cc(C(=O)NCc2nc(-c3ccccc3)no2)cnc1C(F)(F)F. The van der Waals surface area contributed by atoms with Gasteiger partial charge in [-0.25, -0.2) is 4.98 Å². The van der Waals surface area contributed by atoms with Crippen molar-refractivity contribution in [1.29, 1.82) is 5.26 Å². The first kappa shape index (κ1) is 18.1. The van der Waals surface area contributed by atoms with Crippen LogP contribution in [0.1, 0.15) is 27.5 Å². The summed E-state index contributed by atoms with van der Waals surface area (Å²) in [5, 5.41) is 15.1. The van der Waals surface area contributed by atoms with Gasteiger partial charge in [0.2, 0.25) is 11.7 Å². The van der Waals surface area contributed by atoms with Crippen LogP contribution in [-0.2, 0) is 12.7 Å². The van der Waals surface area contributed by atoms with Gasteiger partial charge in [0.1, 0.15) is 6.07 Å². The molecule has 0 saturated carbocycles. The van der Waals surface area contributed by atoms with Crippen LogP contribution in [0, 0.1) is 11.3 Å². The highest BCUT2D eigenvalue weighted by Crippen LogP contribution is 2.30. The lowest BCUT2D eigenvalue weighted by Gasteiger charge is -2.08. The third kappa shape index (κ3) is 4.09. The smallest absolute Gasteiger partial charge is 0.343 e. The molecule has 10 heteroatoms. The van der Waals surface area contributed by atoms with Crippen molar-refractivity contribution in [2.45, 2.75) is 12.7 Å². The van der Waals surface area contributed by atoms with Crippen LogP contribution in [0.25, 0.3) is 11.4 Å². The Morgan fingerprint density at radius 2 is 2.00 bits per heavy atom. The number of nitrogens with one attached hydrogen (secondary N) is 1. The number of carbonyl (C=O) groups is 1. The molecule has 136 valence electrons. The molecule has 1 amide bonds. The Morgan fingerprint density at radius 3 is 2.67 bits per heavy atom. The fourth-order valence-electron chi connectivity index (χ4n) is 2.19. The number of nitrogens with zero attached hydrogens (tertiary/aromatic N) is 4. The van der Waals surface area contributed by atoms with E-state index in [1.165, 1.54) is 6.07 Å². The van der Waals surface area contributed by atoms with Crippen molar-refractivity contribution >= 4 is 5.91 Å². The second-order valence-electron chi connectivity index (χ2n) is 5.29. The molecule has 0 atom stereocenters. The van der Waals surface area contributed by atoms with E-state index < -0.39 is 23.3 Å². The first-order chi connectivity index (χ1) is 12.9. The predicted molar refractivity (Wildman–Crippen MR) is 84.9 cm³/mol. The molecule has 3 rings (SSSR count). The quantitative estimate of drug-likeness (QED) is 0.754. The molecule has 0 bridgehead atoms. The van der Waals surface area contributed by atoms with Gasteiger partial charge in [0.15, 0.2) is 5.69 Å². The Morgan fingerprint density at radius 1 is 1.26 bits per heavy atom. The standard InChI is InChI=1S/C17H10F3N5O2/c18-17(19,20)14-11(7-21)6-12(8-22-14)16(26)23-9-13-24-15(25-27-13)10-4-2-1-3-5-10/h1-6,8H,9H2,(H,23,26). The molecular formula is C17H10F3N5O2. The molecule has 1 N–H and O–H groups in total. The van der Waals surface area contributed by atoms with E-state index in [0.717, 1.165) is 17.8 Å². The number of hydrogen-bond donors (Lipinski definition) is 1. The van der Waals surface area contributed by atoms with Gasteiger partial charge in [-0.2, -0.15) is 23.4 Å². The summed E-state index contributed by atoms with van der Waals surface area (Å²) in [6.45, 7) is -0.137. The molecule has 0 aliphatic rings. The van der Waals surface area contributed by atoms with E-state index in [1.54, 1.807) is 24.3 Å². The Hall–Kier alpha value is -3.74. The maximum Gasteiger partial charge on any atom is 0.434 e. The van der Waals surface area contributed by atoms with Gasteiger partial charge in [-0.15, -0.1) is 0 Å². The van der Waals surface area contributed by atoms with E-state index in [1.807, 2.05) is 6.07 Å². The average molecular weight is 373 g/mol. The van der Waals surface area contributed by atoms with Crippen LogP contribution in [0.5, 0.6) is 0 Å². The zero-order chi connectivity index (χ0) is 19.4. The van der Waals surface area contributed by atoms with Crippen LogP contribution in [0.15, 0.2) is 47.1 Å². The first-order valence-corrected chi connectivity index (χ1v) is 7.52. The van der Waals surface area contributed by atoms with Crippen molar-refractivity contribution in [2.24, 2.45) is 0 Å². The number of hydrogen-bond acceptors (Lipinski definition) is 6. The maximum absolute atomic E-state index is 12.7. The van der Waals surface area contributed by atoms with Gasteiger partial charge in [-0.1, -0.05) is 35.5 Å². The summed E-state index contributed by atoms with van der Waals surface area (Å²) in [7, 11) is 0. The highest BCUT2D eigenvalue weighted by atomic mass is 19.4. The van der Waals surface area contributed by atoms with Gasteiger partial charge >= 0.3 is 6.18 Å². The molecule has 0 aliphatic heterocycles. The van der Waals surface area contributed by atoms with Crippen LogP contribution in [0.4, 0.5) is 13.2 Å². The van der Waals surface area contributed by atoms with E-state index in [2.05, 4.69) is 20.4 Å². The predicted octanol–water partition coefficient (Wildman–Crippen LogP) is 2.95. The summed E-state index contributed by atoms with van der Waals surface area (Å²) in [5.74, 6) is -0.280. The summed E-state index contributed by atoms with van der Waals surface area (Å²) < 4.78 is 43.2. The van der Waals surface area contributed by atoms with Crippen LogP contribution in [0.3, 0.4) is 0 Å². The number of rotatable bonds is 4. The zero-order valence-electron chi connectivity index (χ0n) is 13.5. The van der Waals surface area contributed by atoms with E-state index >= 15 is 0 Å². The Kier molecular flexibility index (Phi) is 4.85. The monoisotopic (exact) mass is 373 g/mol. The normalized spacial score (nSPS) is 11.0. The number of pyridine rings is 1. The fourth-order valence-corrected chi connectivity index (χ4v) is 2.19. The molecular weight excluding hydrogens is 363 g/mol. The summed E-state index contributed by atoms with van der Waals surface area (Å²) in [5.41, 5.74) is -1.54. The molecule has 27 heavy (non-hydrogen) atoms. The third-order valence-corrected chi connectivity index (χ3v) is 3.44.